The van der Waals surface area contributed by atoms with E-state index in [0.717, 1.165) is 5.56 Å². The third kappa shape index (κ3) is 6.47. The molecule has 1 amide bonds. The highest BCUT2D eigenvalue weighted by Crippen LogP contribution is 2.47. The van der Waals surface area contributed by atoms with Crippen LogP contribution in [0.25, 0.3) is 5.76 Å². The topological polar surface area (TPSA) is 65.1 Å². The van der Waals surface area contributed by atoms with Crippen molar-refractivity contribution >= 4 is 31.8 Å². The monoisotopic (exact) mass is 549 g/mol. The van der Waals surface area contributed by atoms with Gasteiger partial charge in [0.25, 0.3) is 8.32 Å². The van der Waals surface area contributed by atoms with Crippen LogP contribution in [0.5, 0.6) is 0 Å². The second-order valence-corrected chi connectivity index (χ2v) is 16.3. The molecule has 7 heteroatoms. The Hall–Kier alpha value is -3.32. The number of carbonyl (C=O) groups excluding carboxylic acids is 2. The molecule has 0 saturated heterocycles. The number of nitrogens with zero attached hydrogens (tertiary/aromatic N) is 1. The van der Waals surface area contributed by atoms with Crippen molar-refractivity contribution in [3.8, 4) is 0 Å². The predicted octanol–water partition coefficient (Wildman–Crippen LogP) is 8.50. The molecule has 1 aliphatic heterocycles. The molecular weight excluding hydrogens is 506 g/mol. The number of fused-ring (bicyclic) bond motifs is 1. The molecule has 0 bridgehead atoms. The van der Waals surface area contributed by atoms with Gasteiger partial charge in [-0.05, 0) is 59.8 Å². The van der Waals surface area contributed by atoms with E-state index >= 15 is 0 Å². The number of hydrogen-bond donors (Lipinski definition) is 0. The van der Waals surface area contributed by atoms with Crippen molar-refractivity contribution in [3.63, 3.8) is 0 Å². The number of carbonyl (C=O) groups is 2. The van der Waals surface area contributed by atoms with E-state index in [4.69, 9.17) is 13.9 Å². The molecule has 2 aromatic carbocycles. The lowest BCUT2D eigenvalue weighted by Gasteiger charge is -2.45. The van der Waals surface area contributed by atoms with E-state index in [2.05, 4.69) is 48.1 Å². The summed E-state index contributed by atoms with van der Waals surface area (Å²) in [5.74, 6) is 0.273. The van der Waals surface area contributed by atoms with Crippen molar-refractivity contribution in [2.45, 2.75) is 84.2 Å². The van der Waals surface area contributed by atoms with Crippen LogP contribution >= 0.6 is 0 Å². The van der Waals surface area contributed by atoms with E-state index in [1.54, 1.807) is 36.1 Å². The van der Waals surface area contributed by atoms with Crippen molar-refractivity contribution in [2.75, 3.05) is 11.5 Å². The van der Waals surface area contributed by atoms with Crippen LogP contribution in [0.4, 0.5) is 10.5 Å². The number of rotatable bonds is 11. The molecule has 39 heavy (non-hydrogen) atoms. The summed E-state index contributed by atoms with van der Waals surface area (Å²) in [5, 5.41) is 0. The fourth-order valence-electron chi connectivity index (χ4n) is 5.80. The average molecular weight is 550 g/mol. The highest BCUT2D eigenvalue weighted by Gasteiger charge is 2.48. The van der Waals surface area contributed by atoms with Crippen LogP contribution < -0.4 is 4.90 Å². The van der Waals surface area contributed by atoms with E-state index in [1.807, 2.05) is 36.4 Å². The van der Waals surface area contributed by atoms with Gasteiger partial charge in [-0.2, -0.15) is 0 Å². The van der Waals surface area contributed by atoms with Crippen molar-refractivity contribution in [3.05, 3.63) is 84.0 Å². The van der Waals surface area contributed by atoms with Gasteiger partial charge in [0.2, 0.25) is 0 Å². The van der Waals surface area contributed by atoms with Crippen LogP contribution in [-0.4, -0.2) is 33.0 Å². The minimum Gasteiger partial charge on any atom is -0.542 e. The largest absolute Gasteiger partial charge is 0.542 e. The Morgan fingerprint density at radius 1 is 0.974 bits per heavy atom. The quantitative estimate of drug-likeness (QED) is 0.160. The van der Waals surface area contributed by atoms with E-state index in [0.29, 0.717) is 45.6 Å². The molecule has 0 fully saturated rings. The Kier molecular flexibility index (Phi) is 10.2. The number of esters is 1. The van der Waals surface area contributed by atoms with Gasteiger partial charge in [0.15, 0.2) is 0 Å². The van der Waals surface area contributed by atoms with Crippen molar-refractivity contribution < 1.29 is 23.5 Å². The molecular formula is C32H43NO5Si. The molecule has 0 N–H and O–H groups in total. The van der Waals surface area contributed by atoms with Crippen LogP contribution in [0, 0.1) is 0 Å². The Morgan fingerprint density at radius 2 is 1.62 bits per heavy atom. The summed E-state index contributed by atoms with van der Waals surface area (Å²) < 4.78 is 18.2. The van der Waals surface area contributed by atoms with Crippen LogP contribution in [0.3, 0.4) is 0 Å². The van der Waals surface area contributed by atoms with Gasteiger partial charge >= 0.3 is 12.1 Å². The van der Waals surface area contributed by atoms with Crippen LogP contribution in [0.2, 0.25) is 16.6 Å². The first-order chi connectivity index (χ1) is 18.6. The zero-order valence-electron chi connectivity index (χ0n) is 24.4. The van der Waals surface area contributed by atoms with Gasteiger partial charge in [-0.25, -0.2) is 9.59 Å². The smallest absolute Gasteiger partial charge is 0.414 e. The van der Waals surface area contributed by atoms with Crippen LogP contribution in [0.15, 0.2) is 67.3 Å². The van der Waals surface area contributed by atoms with Crippen molar-refractivity contribution in [1.82, 2.24) is 0 Å². The number of benzene rings is 2. The zero-order chi connectivity index (χ0) is 28.7. The molecule has 0 spiro atoms. The molecule has 1 unspecified atom stereocenters. The lowest BCUT2D eigenvalue weighted by molar-refractivity contribution is 0.0472. The standard InChI is InChI=1S/C32H43NO5Si/c1-9-14-27-20-30(38-39(22(3)4,23(5)6)24(7)8)28-19-26(17-18-29(28)33(27)32(35)36-10-2)31(34)37-21-25-15-12-11-13-16-25/h9,11-13,15-20,22-24,27H,1,10,14,21H2,2-8H3. The third-order valence-electron chi connectivity index (χ3n) is 7.51. The van der Waals surface area contributed by atoms with Gasteiger partial charge in [0.05, 0.1) is 23.9 Å². The minimum atomic E-state index is -2.35. The molecule has 0 aliphatic carbocycles. The van der Waals surface area contributed by atoms with E-state index in [-0.39, 0.29) is 19.3 Å². The molecule has 210 valence electrons. The predicted molar refractivity (Wildman–Crippen MR) is 160 cm³/mol. The van der Waals surface area contributed by atoms with Gasteiger partial charge < -0.3 is 13.9 Å². The summed E-state index contributed by atoms with van der Waals surface area (Å²) in [6, 6.07) is 14.5. The Bertz CT molecular complexity index is 1170. The number of ether oxygens (including phenoxy) is 2. The first-order valence-electron chi connectivity index (χ1n) is 13.9. The zero-order valence-corrected chi connectivity index (χ0v) is 25.4. The maximum absolute atomic E-state index is 13.2. The Labute approximate surface area is 234 Å². The van der Waals surface area contributed by atoms with Gasteiger partial charge in [-0.3, -0.25) is 4.90 Å². The van der Waals surface area contributed by atoms with Crippen molar-refractivity contribution in [1.29, 1.82) is 0 Å². The molecule has 6 nitrogen and oxygen atoms in total. The van der Waals surface area contributed by atoms with Crippen LogP contribution in [0.1, 0.15) is 76.4 Å². The molecule has 3 rings (SSSR count). The van der Waals surface area contributed by atoms with Crippen LogP contribution in [-0.2, 0) is 20.5 Å². The van der Waals surface area contributed by atoms with Crippen molar-refractivity contribution in [2.24, 2.45) is 0 Å². The maximum Gasteiger partial charge on any atom is 0.414 e. The summed E-state index contributed by atoms with van der Waals surface area (Å²) in [4.78, 5) is 27.9. The normalized spacial score (nSPS) is 15.2. The second-order valence-electron chi connectivity index (χ2n) is 10.9. The fourth-order valence-corrected chi connectivity index (χ4v) is 11.1. The molecule has 1 aliphatic rings. The maximum atomic E-state index is 13.2. The molecule has 1 heterocycles. The van der Waals surface area contributed by atoms with E-state index in [9.17, 15) is 9.59 Å². The first kappa shape index (κ1) is 30.2. The summed E-state index contributed by atoms with van der Waals surface area (Å²) in [6.07, 6.45) is 3.88. The summed E-state index contributed by atoms with van der Waals surface area (Å²) >= 11 is 0. The highest BCUT2D eigenvalue weighted by molar-refractivity contribution is 6.78. The number of amides is 1. The van der Waals surface area contributed by atoms with Gasteiger partial charge in [0, 0.05) is 5.56 Å². The van der Waals surface area contributed by atoms with Gasteiger partial charge in [0.1, 0.15) is 12.4 Å². The summed E-state index contributed by atoms with van der Waals surface area (Å²) in [5.41, 5.74) is 3.70. The van der Waals surface area contributed by atoms with E-state index in [1.165, 1.54) is 0 Å². The third-order valence-corrected chi connectivity index (χ3v) is 13.5. The van der Waals surface area contributed by atoms with Gasteiger partial charge in [-0.1, -0.05) is 78.0 Å². The molecule has 0 aromatic heterocycles. The first-order valence-corrected chi connectivity index (χ1v) is 16.0. The SMILES string of the molecule is C=CCC1C=C(O[Si](C(C)C)(C(C)C)C(C)C)c2cc(C(=O)OCc3ccccc3)ccc2N1C(=O)OCC. The average Bonchev–Trinajstić information content (AvgIpc) is 2.90. The molecule has 1 atom stereocenters. The highest BCUT2D eigenvalue weighted by atomic mass is 28.4. The molecule has 0 radical (unpaired) electrons. The Balaban J connectivity index is 2.11. The van der Waals surface area contributed by atoms with Gasteiger partial charge in [-0.15, -0.1) is 6.58 Å². The Morgan fingerprint density at radius 3 is 2.18 bits per heavy atom. The lowest BCUT2D eigenvalue weighted by Crippen LogP contribution is -2.48. The summed E-state index contributed by atoms with van der Waals surface area (Å²) in [6.45, 7) is 19.6. The lowest BCUT2D eigenvalue weighted by atomic mass is 9.97. The minimum absolute atomic E-state index is 0.177. The number of hydrogen-bond acceptors (Lipinski definition) is 5. The summed E-state index contributed by atoms with van der Waals surface area (Å²) in [7, 11) is -2.35. The van der Waals surface area contributed by atoms with E-state index < -0.39 is 20.4 Å². The number of anilines is 1. The fraction of sp³-hybridized carbons (Fsp3) is 0.438. The second kappa shape index (κ2) is 13.2. The molecule has 2 aromatic rings. The molecule has 0 saturated carbocycles.